The van der Waals surface area contributed by atoms with E-state index in [1.54, 1.807) is 52.0 Å². The van der Waals surface area contributed by atoms with Crippen LogP contribution in [-0.2, 0) is 30.3 Å². The summed E-state index contributed by atoms with van der Waals surface area (Å²) >= 11 is 0. The van der Waals surface area contributed by atoms with Crippen LogP contribution in [0.3, 0.4) is 0 Å². The molecule has 0 spiro atoms. The van der Waals surface area contributed by atoms with Gasteiger partial charge in [-0.2, -0.15) is 0 Å². The van der Waals surface area contributed by atoms with Crippen LogP contribution in [0.4, 0.5) is 0 Å². The van der Waals surface area contributed by atoms with Crippen molar-refractivity contribution in [3.63, 3.8) is 0 Å². The fourth-order valence-corrected chi connectivity index (χ4v) is 5.05. The summed E-state index contributed by atoms with van der Waals surface area (Å²) in [5.74, 6) is -0.228. The number of unbranched alkanes of at least 4 members (excludes halogenated alkanes) is 1. The van der Waals surface area contributed by atoms with E-state index in [0.29, 0.717) is 46.1 Å². The van der Waals surface area contributed by atoms with Crippen LogP contribution in [0.1, 0.15) is 46.1 Å². The van der Waals surface area contributed by atoms with Gasteiger partial charge in [0.25, 0.3) is 0 Å². The van der Waals surface area contributed by atoms with E-state index in [-0.39, 0.29) is 5.97 Å². The van der Waals surface area contributed by atoms with Crippen molar-refractivity contribution >= 4 is 45.4 Å². The first kappa shape index (κ1) is 40.2. The Balaban J connectivity index is 0.000000247. The molecule has 5 rings (SSSR count). The van der Waals surface area contributed by atoms with Gasteiger partial charge >= 0.3 is 23.9 Å². The highest BCUT2D eigenvalue weighted by molar-refractivity contribution is 6.08. The molecule has 0 heterocycles. The molecule has 0 saturated heterocycles. The number of carbonyl (C=O) groups is 4. The largest absolute Gasteiger partial charge is 0.462 e. The summed E-state index contributed by atoms with van der Waals surface area (Å²) < 4.78 is 20.8. The van der Waals surface area contributed by atoms with Gasteiger partial charge < -0.3 is 18.9 Å². The second kappa shape index (κ2) is 18.8. The van der Waals surface area contributed by atoms with Crippen LogP contribution in [0.5, 0.6) is 17.2 Å². The summed E-state index contributed by atoms with van der Waals surface area (Å²) in [6.45, 7) is 21.2. The Bertz CT molecular complexity index is 2170. The average molecular weight is 725 g/mol. The van der Waals surface area contributed by atoms with Gasteiger partial charge in [-0.05, 0) is 122 Å². The number of hydrogen-bond acceptors (Lipinski definition) is 8. The van der Waals surface area contributed by atoms with E-state index in [0.717, 1.165) is 46.5 Å². The first-order valence-corrected chi connectivity index (χ1v) is 17.3. The van der Waals surface area contributed by atoms with Crippen molar-refractivity contribution in [3.05, 3.63) is 151 Å². The lowest BCUT2D eigenvalue weighted by molar-refractivity contribution is -0.139. The van der Waals surface area contributed by atoms with Gasteiger partial charge in [0.15, 0.2) is 0 Å². The van der Waals surface area contributed by atoms with Gasteiger partial charge in [-0.25, -0.2) is 19.2 Å². The molecule has 0 aliphatic heterocycles. The van der Waals surface area contributed by atoms with Crippen LogP contribution in [0.2, 0.25) is 0 Å². The smallest absolute Gasteiger partial charge is 0.338 e. The van der Waals surface area contributed by atoms with Crippen LogP contribution < -0.4 is 14.2 Å². The van der Waals surface area contributed by atoms with Crippen LogP contribution >= 0.6 is 0 Å². The maximum atomic E-state index is 11.7. The quantitative estimate of drug-likeness (QED) is 0.0389. The fourth-order valence-electron chi connectivity index (χ4n) is 5.05. The van der Waals surface area contributed by atoms with Crippen molar-refractivity contribution in [2.75, 3.05) is 6.61 Å². The third-order valence-electron chi connectivity index (χ3n) is 8.03. The van der Waals surface area contributed by atoms with E-state index in [1.807, 2.05) is 48.5 Å². The molecule has 0 radical (unpaired) electrons. The monoisotopic (exact) mass is 724 g/mol. The Morgan fingerprint density at radius 1 is 0.463 bits per heavy atom. The molecule has 0 aliphatic rings. The highest BCUT2D eigenvalue weighted by Gasteiger charge is 2.10. The Morgan fingerprint density at radius 2 is 0.870 bits per heavy atom. The Morgan fingerprint density at radius 3 is 1.33 bits per heavy atom. The minimum atomic E-state index is -0.452. The van der Waals surface area contributed by atoms with Crippen LogP contribution in [-0.4, -0.2) is 30.5 Å². The van der Waals surface area contributed by atoms with E-state index in [9.17, 15) is 19.2 Å². The lowest BCUT2D eigenvalue weighted by Gasteiger charge is -2.09. The second-order valence-corrected chi connectivity index (χ2v) is 12.9. The van der Waals surface area contributed by atoms with Gasteiger partial charge in [0, 0.05) is 22.3 Å². The third-order valence-corrected chi connectivity index (χ3v) is 8.03. The molecule has 276 valence electrons. The number of aryl methyl sites for hydroxylation is 1. The molecule has 0 fully saturated rings. The van der Waals surface area contributed by atoms with Crippen LogP contribution in [0, 0.1) is 0 Å². The van der Waals surface area contributed by atoms with Crippen molar-refractivity contribution in [1.82, 2.24) is 0 Å². The van der Waals surface area contributed by atoms with Crippen molar-refractivity contribution in [1.29, 1.82) is 0 Å². The third kappa shape index (κ3) is 11.5. The number of esters is 4. The lowest BCUT2D eigenvalue weighted by Crippen LogP contribution is -2.08. The highest BCUT2D eigenvalue weighted by atomic mass is 16.5. The van der Waals surface area contributed by atoms with E-state index in [1.165, 1.54) is 10.9 Å². The Labute approximate surface area is 316 Å². The molecule has 0 aromatic heterocycles. The maximum Gasteiger partial charge on any atom is 0.338 e. The molecule has 8 heteroatoms. The van der Waals surface area contributed by atoms with Gasteiger partial charge in [-0.3, -0.25) is 0 Å². The summed E-state index contributed by atoms with van der Waals surface area (Å²) in [5.41, 5.74) is 4.64. The minimum absolute atomic E-state index is 0.329. The molecule has 0 unspecified atom stereocenters. The molecule has 54 heavy (non-hydrogen) atoms. The fraction of sp³-hybridized carbons (Fsp3) is 0.174. The van der Waals surface area contributed by atoms with Gasteiger partial charge in [-0.15, -0.1) is 0 Å². The first-order chi connectivity index (χ1) is 25.7. The number of benzene rings is 5. The zero-order valence-corrected chi connectivity index (χ0v) is 31.2. The number of rotatable bonds is 13. The second-order valence-electron chi connectivity index (χ2n) is 12.9. The summed E-state index contributed by atoms with van der Waals surface area (Å²) in [7, 11) is 0. The SMILES string of the molecule is C=C(C)C(=O)OCCCCc1ccc2c(ccc3cc(OC(=O)C(=C)C)ccc32)c1.C=C(C)C(=O)Oc1ccc(-c2ccc(OC(=O)C(=C)C)cc2)cc1. The van der Waals surface area contributed by atoms with Gasteiger partial charge in [0.2, 0.25) is 0 Å². The lowest BCUT2D eigenvalue weighted by atomic mass is 9.98. The molecular weight excluding hydrogens is 680 g/mol. The summed E-state index contributed by atoms with van der Waals surface area (Å²) in [4.78, 5) is 46.1. The highest BCUT2D eigenvalue weighted by Crippen LogP contribution is 2.30. The van der Waals surface area contributed by atoms with E-state index in [2.05, 4.69) is 50.6 Å². The predicted molar refractivity (Wildman–Crippen MR) is 213 cm³/mol. The predicted octanol–water partition coefficient (Wildman–Crippen LogP) is 10.2. The molecule has 8 nitrogen and oxygen atoms in total. The zero-order chi connectivity index (χ0) is 39.4. The van der Waals surface area contributed by atoms with E-state index >= 15 is 0 Å². The number of hydrogen-bond donors (Lipinski definition) is 0. The van der Waals surface area contributed by atoms with Crippen LogP contribution in [0.25, 0.3) is 32.7 Å². The molecule has 0 bridgehead atoms. The topological polar surface area (TPSA) is 105 Å². The molecule has 0 aliphatic carbocycles. The normalized spacial score (nSPS) is 10.4. The van der Waals surface area contributed by atoms with Crippen molar-refractivity contribution in [2.24, 2.45) is 0 Å². The molecule has 0 saturated carbocycles. The molecular formula is C46H44O8. The van der Waals surface area contributed by atoms with Crippen molar-refractivity contribution < 1.29 is 38.1 Å². The maximum absolute atomic E-state index is 11.7. The molecule has 0 N–H and O–H groups in total. The molecule has 5 aromatic rings. The summed E-state index contributed by atoms with van der Waals surface area (Å²) in [6.07, 6.45) is 2.69. The molecule has 5 aromatic carbocycles. The number of ether oxygens (including phenoxy) is 4. The van der Waals surface area contributed by atoms with Crippen molar-refractivity contribution in [2.45, 2.75) is 47.0 Å². The summed E-state index contributed by atoms with van der Waals surface area (Å²) in [5, 5.41) is 4.45. The van der Waals surface area contributed by atoms with Crippen LogP contribution in [0.15, 0.2) is 146 Å². The van der Waals surface area contributed by atoms with Gasteiger partial charge in [-0.1, -0.05) is 87.0 Å². The molecule has 0 amide bonds. The number of carbonyl (C=O) groups excluding carboxylic acids is 4. The Hall–Kier alpha value is -6.54. The standard InChI is InChI=1S/C26H26O4.C20H18O4/c1-17(2)25(27)29-14-6-5-7-19-8-12-23-20(15-19)9-10-21-16-22(11-13-24(21)23)30-26(28)18(3)4;1-13(2)19(21)23-17-9-5-15(6-10-17)16-7-11-18(12-8-16)24-20(22)14(3)4/h8-13,15-16H,1,3,5-7,14H2,2,4H3;5-12H,1,3H2,2,4H3. The van der Waals surface area contributed by atoms with E-state index in [4.69, 9.17) is 18.9 Å². The first-order valence-electron chi connectivity index (χ1n) is 17.3. The Kier molecular flexibility index (Phi) is 14.0. The summed E-state index contributed by atoms with van der Waals surface area (Å²) in [6, 6.07) is 30.5. The van der Waals surface area contributed by atoms with Gasteiger partial charge in [0.1, 0.15) is 17.2 Å². The minimum Gasteiger partial charge on any atom is -0.462 e. The van der Waals surface area contributed by atoms with Gasteiger partial charge in [0.05, 0.1) is 6.61 Å². The zero-order valence-electron chi connectivity index (χ0n) is 31.2. The number of fused-ring (bicyclic) bond motifs is 3. The van der Waals surface area contributed by atoms with Crippen molar-refractivity contribution in [3.8, 4) is 28.4 Å². The average Bonchev–Trinajstić information content (AvgIpc) is 3.15. The van der Waals surface area contributed by atoms with E-state index < -0.39 is 17.9 Å². The molecule has 0 atom stereocenters.